The van der Waals surface area contributed by atoms with E-state index in [4.69, 9.17) is 14.9 Å². The van der Waals surface area contributed by atoms with Crippen molar-refractivity contribution < 1.29 is 13.9 Å². The molecular weight excluding hydrogens is 258 g/mol. The molecule has 0 fully saturated rings. The molecule has 2 aromatic rings. The number of nitrogens with one attached hydrogen (secondary N) is 1. The predicted molar refractivity (Wildman–Crippen MR) is 75.4 cm³/mol. The van der Waals surface area contributed by atoms with Crippen molar-refractivity contribution in [3.63, 3.8) is 0 Å². The van der Waals surface area contributed by atoms with Crippen LogP contribution in [-0.4, -0.2) is 17.6 Å². The lowest BCUT2D eigenvalue weighted by Gasteiger charge is -2.09. The van der Waals surface area contributed by atoms with Crippen molar-refractivity contribution in [2.75, 3.05) is 17.7 Å². The molecule has 106 valence electrons. The zero-order chi connectivity index (χ0) is 14.5. The first-order valence-corrected chi connectivity index (χ1v) is 6.32. The first kappa shape index (κ1) is 13.9. The van der Waals surface area contributed by atoms with E-state index >= 15 is 0 Å². The summed E-state index contributed by atoms with van der Waals surface area (Å²) in [6.07, 6.45) is 1.65. The van der Waals surface area contributed by atoms with Crippen LogP contribution in [0.5, 0.6) is 0 Å². The summed E-state index contributed by atoms with van der Waals surface area (Å²) < 4.78 is 10.3. The van der Waals surface area contributed by atoms with Crippen molar-refractivity contribution in [2.45, 2.75) is 20.4 Å². The number of aromatic nitrogens is 1. The highest BCUT2D eigenvalue weighted by Crippen LogP contribution is 2.21. The Morgan fingerprint density at radius 2 is 2.30 bits per heavy atom. The molecule has 20 heavy (non-hydrogen) atoms. The van der Waals surface area contributed by atoms with E-state index in [1.165, 1.54) is 0 Å². The second-order valence-electron chi connectivity index (χ2n) is 4.24. The predicted octanol–water partition coefficient (Wildman–Crippen LogP) is 2.35. The molecule has 0 aliphatic rings. The summed E-state index contributed by atoms with van der Waals surface area (Å²) in [7, 11) is 0. The fraction of sp³-hybridized carbons (Fsp3) is 0.286. The highest BCUT2D eigenvalue weighted by molar-refractivity contribution is 5.92. The molecule has 6 nitrogen and oxygen atoms in total. The Morgan fingerprint density at radius 3 is 2.95 bits per heavy atom. The van der Waals surface area contributed by atoms with Crippen molar-refractivity contribution in [1.29, 1.82) is 0 Å². The summed E-state index contributed by atoms with van der Waals surface area (Å²) >= 11 is 0. The Kier molecular flexibility index (Phi) is 4.24. The second kappa shape index (κ2) is 6.10. The lowest BCUT2D eigenvalue weighted by atomic mass is 10.1. The summed E-state index contributed by atoms with van der Waals surface area (Å²) in [6.45, 7) is 4.32. The van der Waals surface area contributed by atoms with Crippen molar-refractivity contribution in [2.24, 2.45) is 0 Å². The minimum absolute atomic E-state index is 0.335. The quantitative estimate of drug-likeness (QED) is 0.643. The summed E-state index contributed by atoms with van der Waals surface area (Å²) in [5.41, 5.74) is 7.51. The first-order chi connectivity index (χ1) is 9.60. The van der Waals surface area contributed by atoms with Gasteiger partial charge in [-0.15, -0.1) is 0 Å². The molecule has 1 aromatic carbocycles. The molecule has 0 amide bonds. The summed E-state index contributed by atoms with van der Waals surface area (Å²) in [4.78, 5) is 15.7. The van der Waals surface area contributed by atoms with Crippen molar-refractivity contribution >= 4 is 17.3 Å². The van der Waals surface area contributed by atoms with Gasteiger partial charge in [-0.2, -0.15) is 0 Å². The Morgan fingerprint density at radius 1 is 1.50 bits per heavy atom. The Labute approximate surface area is 116 Å². The van der Waals surface area contributed by atoms with Crippen LogP contribution in [0.4, 0.5) is 11.4 Å². The minimum Gasteiger partial charge on any atom is -0.462 e. The highest BCUT2D eigenvalue weighted by atomic mass is 16.5. The molecule has 1 aromatic heterocycles. The number of benzene rings is 1. The lowest BCUT2D eigenvalue weighted by molar-refractivity contribution is 0.0526. The Bertz CT molecular complexity index is 607. The Hall–Kier alpha value is -2.50. The monoisotopic (exact) mass is 275 g/mol. The van der Waals surface area contributed by atoms with Gasteiger partial charge in [0.25, 0.3) is 0 Å². The SMILES string of the molecule is CCOC(=O)c1ccc(N)c(NCc2ncc(C)o2)c1. The molecule has 0 aliphatic carbocycles. The highest BCUT2D eigenvalue weighted by Gasteiger charge is 2.10. The van der Waals surface area contributed by atoms with Gasteiger partial charge in [-0.1, -0.05) is 0 Å². The Balaban J connectivity index is 2.10. The van der Waals surface area contributed by atoms with Gasteiger partial charge in [0.15, 0.2) is 0 Å². The number of hydrogen-bond acceptors (Lipinski definition) is 6. The standard InChI is InChI=1S/C14H17N3O3/c1-3-19-14(18)10-4-5-11(15)12(6-10)16-8-13-17-7-9(2)20-13/h4-7,16H,3,8,15H2,1-2H3. The van der Waals surface area contributed by atoms with Gasteiger partial charge in [0.2, 0.25) is 5.89 Å². The fourth-order valence-corrected chi connectivity index (χ4v) is 1.70. The molecule has 0 unspecified atom stereocenters. The molecule has 6 heteroatoms. The lowest BCUT2D eigenvalue weighted by Crippen LogP contribution is -2.08. The first-order valence-electron chi connectivity index (χ1n) is 6.32. The van der Waals surface area contributed by atoms with Gasteiger partial charge in [-0.25, -0.2) is 9.78 Å². The van der Waals surface area contributed by atoms with Crippen LogP contribution in [-0.2, 0) is 11.3 Å². The minimum atomic E-state index is -0.373. The molecule has 0 spiro atoms. The molecule has 0 saturated carbocycles. The summed E-state index contributed by atoms with van der Waals surface area (Å²) in [6, 6.07) is 4.95. The van der Waals surface area contributed by atoms with Gasteiger partial charge in [-0.3, -0.25) is 0 Å². The number of carbonyl (C=O) groups excluding carboxylic acids is 1. The van der Waals surface area contributed by atoms with Crippen molar-refractivity contribution in [3.8, 4) is 0 Å². The summed E-state index contributed by atoms with van der Waals surface area (Å²) in [5, 5.41) is 3.09. The molecule has 1 heterocycles. The normalized spacial score (nSPS) is 10.3. The number of nitrogens with two attached hydrogens (primary N) is 1. The number of carbonyl (C=O) groups is 1. The van der Waals surface area contributed by atoms with Crippen LogP contribution < -0.4 is 11.1 Å². The number of esters is 1. The topological polar surface area (TPSA) is 90.4 Å². The second-order valence-corrected chi connectivity index (χ2v) is 4.24. The smallest absolute Gasteiger partial charge is 0.338 e. The number of nitrogens with zero attached hydrogens (tertiary/aromatic N) is 1. The summed E-state index contributed by atoms with van der Waals surface area (Å²) in [5.74, 6) is 0.931. The van der Waals surface area contributed by atoms with Crippen molar-refractivity contribution in [3.05, 3.63) is 41.6 Å². The maximum absolute atomic E-state index is 11.7. The maximum Gasteiger partial charge on any atom is 0.338 e. The number of hydrogen-bond donors (Lipinski definition) is 2. The maximum atomic E-state index is 11.7. The van der Waals surface area contributed by atoms with Gasteiger partial charge in [0.1, 0.15) is 5.76 Å². The average molecular weight is 275 g/mol. The third-order valence-corrected chi connectivity index (χ3v) is 2.66. The van der Waals surface area contributed by atoms with Gasteiger partial charge in [0, 0.05) is 0 Å². The number of anilines is 2. The van der Waals surface area contributed by atoms with E-state index < -0.39 is 0 Å². The van der Waals surface area contributed by atoms with E-state index in [1.54, 1.807) is 31.3 Å². The number of aryl methyl sites for hydroxylation is 1. The third-order valence-electron chi connectivity index (χ3n) is 2.66. The number of ether oxygens (including phenoxy) is 1. The number of rotatable bonds is 5. The molecule has 3 N–H and O–H groups in total. The average Bonchev–Trinajstić information content (AvgIpc) is 2.84. The van der Waals surface area contributed by atoms with Gasteiger partial charge >= 0.3 is 5.97 Å². The largest absolute Gasteiger partial charge is 0.462 e. The van der Waals surface area contributed by atoms with Gasteiger partial charge < -0.3 is 20.2 Å². The van der Waals surface area contributed by atoms with E-state index in [-0.39, 0.29) is 5.97 Å². The van der Waals surface area contributed by atoms with E-state index in [0.717, 1.165) is 5.76 Å². The third kappa shape index (κ3) is 3.28. The van der Waals surface area contributed by atoms with Crippen LogP contribution in [0.1, 0.15) is 28.9 Å². The van der Waals surface area contributed by atoms with E-state index in [9.17, 15) is 4.79 Å². The molecular formula is C14H17N3O3. The van der Waals surface area contributed by atoms with E-state index in [0.29, 0.717) is 36.0 Å². The number of nitrogen functional groups attached to an aromatic ring is 1. The fourth-order valence-electron chi connectivity index (χ4n) is 1.70. The van der Waals surface area contributed by atoms with Crippen LogP contribution >= 0.6 is 0 Å². The van der Waals surface area contributed by atoms with Crippen LogP contribution in [0.25, 0.3) is 0 Å². The van der Waals surface area contributed by atoms with E-state index in [2.05, 4.69) is 10.3 Å². The van der Waals surface area contributed by atoms with Crippen LogP contribution in [0, 0.1) is 6.92 Å². The van der Waals surface area contributed by atoms with E-state index in [1.807, 2.05) is 6.92 Å². The zero-order valence-corrected chi connectivity index (χ0v) is 11.5. The molecule has 0 radical (unpaired) electrons. The number of oxazole rings is 1. The van der Waals surface area contributed by atoms with Crippen LogP contribution in [0.2, 0.25) is 0 Å². The molecule has 0 bridgehead atoms. The van der Waals surface area contributed by atoms with Crippen LogP contribution in [0.15, 0.2) is 28.8 Å². The van der Waals surface area contributed by atoms with Crippen LogP contribution in [0.3, 0.4) is 0 Å². The van der Waals surface area contributed by atoms with Gasteiger partial charge in [-0.05, 0) is 32.0 Å². The zero-order valence-electron chi connectivity index (χ0n) is 11.5. The molecule has 0 atom stereocenters. The molecule has 0 aliphatic heterocycles. The van der Waals surface area contributed by atoms with Gasteiger partial charge in [0.05, 0.1) is 36.3 Å². The molecule has 0 saturated heterocycles. The molecule has 2 rings (SSSR count). The van der Waals surface area contributed by atoms with Crippen molar-refractivity contribution in [1.82, 2.24) is 4.98 Å².